The Kier molecular flexibility index (Phi) is 5.08. The molecule has 90 valence electrons. The highest BCUT2D eigenvalue weighted by Crippen LogP contribution is 2.06. The molecule has 0 aliphatic rings. The molecule has 0 aromatic carbocycles. The van der Waals surface area contributed by atoms with Gasteiger partial charge in [0.1, 0.15) is 0 Å². The van der Waals surface area contributed by atoms with E-state index in [-0.39, 0.29) is 17.2 Å². The minimum atomic E-state index is -0.316. The van der Waals surface area contributed by atoms with Gasteiger partial charge in [-0.05, 0) is 41.5 Å². The number of carbonyl (C=O) groups is 1. The topological polar surface area (TPSA) is 50.4 Å². The summed E-state index contributed by atoms with van der Waals surface area (Å²) in [6, 6.07) is -0.157. The van der Waals surface area contributed by atoms with Crippen molar-refractivity contribution in [2.24, 2.45) is 0 Å². The van der Waals surface area contributed by atoms with Gasteiger partial charge in [-0.25, -0.2) is 4.79 Å². The van der Waals surface area contributed by atoms with Crippen LogP contribution in [0.2, 0.25) is 0 Å². The lowest BCUT2D eigenvalue weighted by Crippen LogP contribution is -2.50. The van der Waals surface area contributed by atoms with Crippen LogP contribution >= 0.6 is 0 Å². The van der Waals surface area contributed by atoms with Crippen LogP contribution in [0.15, 0.2) is 0 Å². The number of nitrogens with one attached hydrogen (secondary N) is 2. The number of ether oxygens (including phenoxy) is 1. The van der Waals surface area contributed by atoms with Gasteiger partial charge in [-0.1, -0.05) is 0 Å². The lowest BCUT2D eigenvalue weighted by Gasteiger charge is -2.27. The fourth-order valence-electron chi connectivity index (χ4n) is 1.12. The molecule has 0 bridgehead atoms. The molecule has 0 saturated carbocycles. The fourth-order valence-corrected chi connectivity index (χ4v) is 1.12. The number of rotatable bonds is 4. The van der Waals surface area contributed by atoms with Gasteiger partial charge in [0.15, 0.2) is 0 Å². The van der Waals surface area contributed by atoms with Crippen molar-refractivity contribution in [1.29, 1.82) is 0 Å². The minimum Gasteiger partial charge on any atom is -0.374 e. The number of carbonyl (C=O) groups excluding carboxylic acids is 1. The molecule has 0 rings (SSSR count). The molecule has 2 amide bonds. The van der Waals surface area contributed by atoms with Crippen molar-refractivity contribution in [3.63, 3.8) is 0 Å². The molecule has 0 spiro atoms. The summed E-state index contributed by atoms with van der Waals surface area (Å²) in [4.78, 5) is 11.4. The Morgan fingerprint density at radius 3 is 2.13 bits per heavy atom. The molecule has 4 heteroatoms. The maximum atomic E-state index is 11.4. The summed E-state index contributed by atoms with van der Waals surface area (Å²) < 4.78 is 5.47. The smallest absolute Gasteiger partial charge is 0.315 e. The normalized spacial score (nSPS) is 12.4. The van der Waals surface area contributed by atoms with Gasteiger partial charge in [-0.15, -0.1) is 0 Å². The zero-order chi connectivity index (χ0) is 12.1. The third-order valence-electron chi connectivity index (χ3n) is 1.70. The molecule has 0 heterocycles. The Balaban J connectivity index is 3.90. The lowest BCUT2D eigenvalue weighted by molar-refractivity contribution is -0.00701. The summed E-state index contributed by atoms with van der Waals surface area (Å²) in [5.74, 6) is 0. The van der Waals surface area contributed by atoms with Gasteiger partial charge >= 0.3 is 6.03 Å². The fraction of sp³-hybridized carbons (Fsp3) is 0.909. The number of hydrogen-bond donors (Lipinski definition) is 2. The molecule has 2 N–H and O–H groups in total. The summed E-state index contributed by atoms with van der Waals surface area (Å²) in [5, 5.41) is 5.62. The molecule has 0 atom stereocenters. The first-order valence-electron chi connectivity index (χ1n) is 5.36. The van der Waals surface area contributed by atoms with Gasteiger partial charge < -0.3 is 15.4 Å². The van der Waals surface area contributed by atoms with E-state index in [1.807, 2.05) is 41.5 Å². The van der Waals surface area contributed by atoms with Crippen LogP contribution in [0.3, 0.4) is 0 Å². The third-order valence-corrected chi connectivity index (χ3v) is 1.70. The maximum Gasteiger partial charge on any atom is 0.315 e. The predicted octanol–water partition coefficient (Wildman–Crippen LogP) is 1.90. The van der Waals surface area contributed by atoms with E-state index >= 15 is 0 Å². The summed E-state index contributed by atoms with van der Waals surface area (Å²) in [5.41, 5.74) is -0.524. The summed E-state index contributed by atoms with van der Waals surface area (Å²) in [6.45, 7) is 12.8. The second kappa shape index (κ2) is 5.35. The second-order valence-electron chi connectivity index (χ2n) is 5.25. The highest BCUT2D eigenvalue weighted by molar-refractivity contribution is 5.74. The molecule has 15 heavy (non-hydrogen) atoms. The number of urea groups is 1. The van der Waals surface area contributed by atoms with E-state index in [0.717, 1.165) is 0 Å². The zero-order valence-corrected chi connectivity index (χ0v) is 10.7. The van der Waals surface area contributed by atoms with Crippen LogP contribution in [-0.2, 0) is 4.74 Å². The predicted molar refractivity (Wildman–Crippen MR) is 62.0 cm³/mol. The SMILES string of the molecule is CCOC(C)(C)CNC(=O)NC(C)(C)C. The van der Waals surface area contributed by atoms with Crippen molar-refractivity contribution >= 4 is 6.03 Å². The van der Waals surface area contributed by atoms with Crippen molar-refractivity contribution in [3.8, 4) is 0 Å². The van der Waals surface area contributed by atoms with Crippen LogP contribution in [0.25, 0.3) is 0 Å². The maximum absolute atomic E-state index is 11.4. The third kappa shape index (κ3) is 8.24. The van der Waals surface area contributed by atoms with Crippen molar-refractivity contribution in [3.05, 3.63) is 0 Å². The van der Waals surface area contributed by atoms with Gasteiger partial charge in [0, 0.05) is 18.7 Å². The summed E-state index contributed by atoms with van der Waals surface area (Å²) >= 11 is 0. The highest BCUT2D eigenvalue weighted by atomic mass is 16.5. The monoisotopic (exact) mass is 216 g/mol. The Hall–Kier alpha value is -0.770. The van der Waals surface area contributed by atoms with Crippen LogP contribution in [0, 0.1) is 0 Å². The van der Waals surface area contributed by atoms with Gasteiger partial charge in [-0.2, -0.15) is 0 Å². The van der Waals surface area contributed by atoms with Crippen LogP contribution in [-0.4, -0.2) is 30.3 Å². The first kappa shape index (κ1) is 14.2. The summed E-state index contributed by atoms with van der Waals surface area (Å²) in [7, 11) is 0. The van der Waals surface area contributed by atoms with E-state index in [1.165, 1.54) is 0 Å². The number of amides is 2. The van der Waals surface area contributed by atoms with E-state index in [0.29, 0.717) is 13.2 Å². The molecule has 0 aliphatic heterocycles. The molecule has 0 aliphatic carbocycles. The quantitative estimate of drug-likeness (QED) is 0.754. The number of hydrogen-bond acceptors (Lipinski definition) is 2. The molecule has 0 aromatic heterocycles. The molecule has 4 nitrogen and oxygen atoms in total. The molecular formula is C11H24N2O2. The van der Waals surface area contributed by atoms with Crippen molar-refractivity contribution in [1.82, 2.24) is 10.6 Å². The van der Waals surface area contributed by atoms with E-state index in [4.69, 9.17) is 4.74 Å². The van der Waals surface area contributed by atoms with E-state index < -0.39 is 0 Å². The molecule has 0 fully saturated rings. The van der Waals surface area contributed by atoms with E-state index in [9.17, 15) is 4.79 Å². The Labute approximate surface area is 92.8 Å². The standard InChI is InChI=1S/C11H24N2O2/c1-7-15-11(5,6)8-12-9(14)13-10(2,3)4/h7-8H2,1-6H3,(H2,12,13,14). The van der Waals surface area contributed by atoms with Gasteiger partial charge in [0.2, 0.25) is 0 Å². The van der Waals surface area contributed by atoms with Gasteiger partial charge in [0.25, 0.3) is 0 Å². The Morgan fingerprint density at radius 1 is 1.20 bits per heavy atom. The van der Waals surface area contributed by atoms with Crippen molar-refractivity contribution < 1.29 is 9.53 Å². The second-order valence-corrected chi connectivity index (χ2v) is 5.25. The molecular weight excluding hydrogens is 192 g/mol. The van der Waals surface area contributed by atoms with Crippen LogP contribution < -0.4 is 10.6 Å². The molecule has 0 unspecified atom stereocenters. The van der Waals surface area contributed by atoms with Gasteiger partial charge in [0.05, 0.1) is 5.60 Å². The molecule has 0 saturated heterocycles. The summed E-state index contributed by atoms with van der Waals surface area (Å²) in [6.07, 6.45) is 0. The molecule has 0 aromatic rings. The molecule has 0 radical (unpaired) electrons. The Morgan fingerprint density at radius 2 is 1.73 bits per heavy atom. The largest absolute Gasteiger partial charge is 0.374 e. The van der Waals surface area contributed by atoms with Crippen LogP contribution in [0.5, 0.6) is 0 Å². The Bertz CT molecular complexity index is 207. The lowest BCUT2D eigenvalue weighted by atomic mass is 10.1. The van der Waals surface area contributed by atoms with Crippen molar-refractivity contribution in [2.45, 2.75) is 52.7 Å². The van der Waals surface area contributed by atoms with Crippen LogP contribution in [0.1, 0.15) is 41.5 Å². The first-order valence-corrected chi connectivity index (χ1v) is 5.36. The minimum absolute atomic E-state index is 0.157. The first-order chi connectivity index (χ1) is 6.66. The zero-order valence-electron chi connectivity index (χ0n) is 10.7. The van der Waals surface area contributed by atoms with E-state index in [2.05, 4.69) is 10.6 Å². The average Bonchev–Trinajstić information content (AvgIpc) is 1.98. The van der Waals surface area contributed by atoms with Gasteiger partial charge in [-0.3, -0.25) is 0 Å². The van der Waals surface area contributed by atoms with E-state index in [1.54, 1.807) is 0 Å². The van der Waals surface area contributed by atoms with Crippen LogP contribution in [0.4, 0.5) is 4.79 Å². The highest BCUT2D eigenvalue weighted by Gasteiger charge is 2.20. The average molecular weight is 216 g/mol. The van der Waals surface area contributed by atoms with Crippen molar-refractivity contribution in [2.75, 3.05) is 13.2 Å².